The minimum absolute atomic E-state index is 0.120. The molecule has 0 atom stereocenters. The number of para-hydroxylation sites is 1. The van der Waals surface area contributed by atoms with Gasteiger partial charge in [0.1, 0.15) is 0 Å². The molecule has 0 aliphatic rings. The maximum absolute atomic E-state index is 13.8. The van der Waals surface area contributed by atoms with Crippen molar-refractivity contribution in [3.63, 3.8) is 0 Å². The Balaban J connectivity index is 0.00000210. The first-order valence-electron chi connectivity index (χ1n) is 12.7. The van der Waals surface area contributed by atoms with Gasteiger partial charge in [-0.15, -0.1) is 0 Å². The Morgan fingerprint density at radius 1 is 0.771 bits per heavy atom. The second kappa shape index (κ2) is 13.5. The number of carbonyl (C=O) groups excluding carboxylic acids is 1. The molecular formula is C31H41BrN2O. The summed E-state index contributed by atoms with van der Waals surface area (Å²) >= 11 is 3.50. The summed E-state index contributed by atoms with van der Waals surface area (Å²) in [5.41, 5.74) is 6.47. The summed E-state index contributed by atoms with van der Waals surface area (Å²) in [5, 5.41) is 3.29. The van der Waals surface area contributed by atoms with Crippen molar-refractivity contribution < 1.29 is 4.79 Å². The quantitative estimate of drug-likeness (QED) is 0.320. The summed E-state index contributed by atoms with van der Waals surface area (Å²) < 4.78 is 1.02. The van der Waals surface area contributed by atoms with Gasteiger partial charge in [-0.05, 0) is 64.3 Å². The molecule has 3 nitrogen and oxygen atoms in total. The van der Waals surface area contributed by atoms with Gasteiger partial charge >= 0.3 is 6.03 Å². The normalized spacial score (nSPS) is 10.9. The lowest BCUT2D eigenvalue weighted by Gasteiger charge is -2.27. The van der Waals surface area contributed by atoms with Gasteiger partial charge in [0.25, 0.3) is 0 Å². The van der Waals surface area contributed by atoms with Gasteiger partial charge in [0.05, 0.1) is 6.54 Å². The molecular weight excluding hydrogens is 496 g/mol. The van der Waals surface area contributed by atoms with Crippen LogP contribution in [0, 0.1) is 0 Å². The standard InChI is InChI=1S/C29H35BrN2O.C2H6/c1-19(2)23-12-16-25(17-13-23)32(18-22-10-14-24(30)15-11-22)29(33)31-28-26(20(3)4)8-7-9-27(28)21(5)6;1-2/h7-17,19-21H,18H2,1-6H3,(H,31,33);1-2H3. The fourth-order valence-electron chi connectivity index (χ4n) is 3.96. The number of rotatable bonds is 7. The molecule has 1 N–H and O–H groups in total. The average Bonchev–Trinajstić information content (AvgIpc) is 2.84. The van der Waals surface area contributed by atoms with Crippen molar-refractivity contribution in [1.29, 1.82) is 0 Å². The SMILES string of the molecule is CC.CC(C)c1ccc(N(Cc2ccc(Br)cc2)C(=O)Nc2c(C(C)C)cccc2C(C)C)cc1. The molecule has 0 heterocycles. The van der Waals surface area contributed by atoms with Gasteiger partial charge in [-0.3, -0.25) is 4.90 Å². The fraction of sp³-hybridized carbons (Fsp3) is 0.387. The van der Waals surface area contributed by atoms with E-state index in [1.807, 2.05) is 43.0 Å². The largest absolute Gasteiger partial charge is 0.326 e. The lowest BCUT2D eigenvalue weighted by atomic mass is 9.93. The molecule has 35 heavy (non-hydrogen) atoms. The predicted molar refractivity (Wildman–Crippen MR) is 156 cm³/mol. The van der Waals surface area contributed by atoms with Crippen LogP contribution in [-0.4, -0.2) is 6.03 Å². The first-order chi connectivity index (χ1) is 16.7. The Morgan fingerprint density at radius 3 is 1.74 bits per heavy atom. The zero-order valence-corrected chi connectivity index (χ0v) is 24.1. The third-order valence-corrected chi connectivity index (χ3v) is 6.50. The van der Waals surface area contributed by atoms with Crippen molar-refractivity contribution in [1.82, 2.24) is 0 Å². The number of benzene rings is 3. The number of hydrogen-bond donors (Lipinski definition) is 1. The van der Waals surface area contributed by atoms with Crippen molar-refractivity contribution in [2.75, 3.05) is 10.2 Å². The maximum atomic E-state index is 13.8. The van der Waals surface area contributed by atoms with E-state index in [9.17, 15) is 4.79 Å². The molecule has 2 amide bonds. The first-order valence-corrected chi connectivity index (χ1v) is 13.5. The highest BCUT2D eigenvalue weighted by atomic mass is 79.9. The molecule has 188 valence electrons. The molecule has 0 fully saturated rings. The van der Waals surface area contributed by atoms with Crippen LogP contribution in [0.5, 0.6) is 0 Å². The number of nitrogens with zero attached hydrogens (tertiary/aromatic N) is 1. The van der Waals surface area contributed by atoms with Crippen molar-refractivity contribution in [3.05, 3.63) is 93.5 Å². The second-order valence-corrected chi connectivity index (χ2v) is 10.4. The van der Waals surface area contributed by atoms with Crippen LogP contribution in [0.2, 0.25) is 0 Å². The van der Waals surface area contributed by atoms with E-state index in [4.69, 9.17) is 0 Å². The predicted octanol–water partition coefficient (Wildman–Crippen LogP) is 10.1. The zero-order chi connectivity index (χ0) is 26.1. The van der Waals surface area contributed by atoms with Crippen LogP contribution in [0.3, 0.4) is 0 Å². The monoisotopic (exact) mass is 536 g/mol. The number of hydrogen-bond acceptors (Lipinski definition) is 1. The minimum Gasteiger partial charge on any atom is -0.307 e. The van der Waals surface area contributed by atoms with Gasteiger partial charge in [0.2, 0.25) is 0 Å². The molecule has 3 rings (SSSR count). The maximum Gasteiger partial charge on any atom is 0.326 e. The summed E-state index contributed by atoms with van der Waals surface area (Å²) in [6.07, 6.45) is 0. The molecule has 0 aliphatic carbocycles. The third kappa shape index (κ3) is 7.70. The Bertz CT molecular complexity index is 1040. The lowest BCUT2D eigenvalue weighted by molar-refractivity contribution is 0.256. The Labute approximate surface area is 221 Å². The Morgan fingerprint density at radius 2 is 1.29 bits per heavy atom. The second-order valence-electron chi connectivity index (χ2n) is 9.51. The van der Waals surface area contributed by atoms with E-state index in [0.717, 1.165) is 32.5 Å². The molecule has 3 aromatic carbocycles. The summed E-state index contributed by atoms with van der Waals surface area (Å²) in [6.45, 7) is 17.5. The van der Waals surface area contributed by atoms with Gasteiger partial charge < -0.3 is 5.32 Å². The summed E-state index contributed by atoms with van der Waals surface area (Å²) in [5.74, 6) is 1.06. The van der Waals surface area contributed by atoms with Crippen molar-refractivity contribution in [2.24, 2.45) is 0 Å². The lowest BCUT2D eigenvalue weighted by Crippen LogP contribution is -2.35. The molecule has 3 aromatic rings. The van der Waals surface area contributed by atoms with Crippen LogP contribution in [0.25, 0.3) is 0 Å². The average molecular weight is 538 g/mol. The van der Waals surface area contributed by atoms with Crippen molar-refractivity contribution in [3.8, 4) is 0 Å². The molecule has 0 radical (unpaired) electrons. The van der Waals surface area contributed by atoms with Gasteiger partial charge in [-0.25, -0.2) is 4.79 Å². The molecule has 0 unspecified atom stereocenters. The highest BCUT2D eigenvalue weighted by Gasteiger charge is 2.21. The Hall–Kier alpha value is -2.59. The number of halogens is 1. The summed E-state index contributed by atoms with van der Waals surface area (Å²) in [7, 11) is 0. The summed E-state index contributed by atoms with van der Waals surface area (Å²) in [6, 6.07) is 22.6. The number of carbonyl (C=O) groups is 1. The first kappa shape index (κ1) is 28.6. The zero-order valence-electron chi connectivity index (χ0n) is 22.5. The molecule has 0 saturated carbocycles. The number of nitrogens with one attached hydrogen (secondary N) is 1. The topological polar surface area (TPSA) is 32.3 Å². The van der Waals surface area contributed by atoms with E-state index in [2.05, 4.69) is 105 Å². The molecule has 0 aromatic heterocycles. The van der Waals surface area contributed by atoms with E-state index >= 15 is 0 Å². The number of amides is 2. The van der Waals surface area contributed by atoms with Crippen LogP contribution in [-0.2, 0) is 6.54 Å². The van der Waals surface area contributed by atoms with E-state index in [0.29, 0.717) is 24.3 Å². The van der Waals surface area contributed by atoms with Crippen LogP contribution < -0.4 is 10.2 Å². The fourth-order valence-corrected chi connectivity index (χ4v) is 4.23. The molecule has 0 aliphatic heterocycles. The van der Waals surface area contributed by atoms with Gasteiger partial charge in [0.15, 0.2) is 0 Å². The highest BCUT2D eigenvalue weighted by molar-refractivity contribution is 9.10. The van der Waals surface area contributed by atoms with E-state index in [1.165, 1.54) is 5.56 Å². The van der Waals surface area contributed by atoms with Gasteiger partial charge in [0, 0.05) is 15.8 Å². The smallest absolute Gasteiger partial charge is 0.307 e. The van der Waals surface area contributed by atoms with E-state index in [1.54, 1.807) is 0 Å². The van der Waals surface area contributed by atoms with Gasteiger partial charge in [-0.2, -0.15) is 0 Å². The Kier molecular flexibility index (Phi) is 11.0. The molecule has 0 spiro atoms. The van der Waals surface area contributed by atoms with E-state index < -0.39 is 0 Å². The third-order valence-electron chi connectivity index (χ3n) is 5.98. The van der Waals surface area contributed by atoms with Crippen LogP contribution >= 0.6 is 15.9 Å². The van der Waals surface area contributed by atoms with Crippen LogP contribution in [0.15, 0.2) is 71.2 Å². The molecule has 0 bridgehead atoms. The number of urea groups is 1. The van der Waals surface area contributed by atoms with E-state index in [-0.39, 0.29) is 6.03 Å². The molecule has 4 heteroatoms. The minimum atomic E-state index is -0.120. The van der Waals surface area contributed by atoms with Crippen LogP contribution in [0.1, 0.15) is 95.4 Å². The van der Waals surface area contributed by atoms with Crippen LogP contribution in [0.4, 0.5) is 16.2 Å². The molecule has 0 saturated heterocycles. The summed E-state index contributed by atoms with van der Waals surface area (Å²) in [4.78, 5) is 15.6. The van der Waals surface area contributed by atoms with Gasteiger partial charge in [-0.1, -0.05) is 114 Å². The van der Waals surface area contributed by atoms with Crippen molar-refractivity contribution >= 4 is 33.3 Å². The highest BCUT2D eigenvalue weighted by Crippen LogP contribution is 2.33. The van der Waals surface area contributed by atoms with Crippen molar-refractivity contribution in [2.45, 2.75) is 79.7 Å². The number of anilines is 2.